The summed E-state index contributed by atoms with van der Waals surface area (Å²) in [6.45, 7) is 2.26. The summed E-state index contributed by atoms with van der Waals surface area (Å²) in [5.74, 6) is -0.268. The monoisotopic (exact) mass is 284 g/mol. The van der Waals surface area contributed by atoms with Crippen LogP contribution in [0.1, 0.15) is 17.3 Å². The molecule has 21 heavy (non-hydrogen) atoms. The van der Waals surface area contributed by atoms with Crippen LogP contribution in [0.25, 0.3) is 11.0 Å². The third-order valence-electron chi connectivity index (χ3n) is 3.09. The quantitative estimate of drug-likeness (QED) is 0.790. The minimum atomic E-state index is -0.526. The number of hydrogen-bond donors (Lipinski definition) is 1. The minimum Gasteiger partial charge on any atom is -0.363 e. The lowest BCUT2D eigenvalue weighted by molar-refractivity contribution is 0.102. The Morgan fingerprint density at radius 3 is 3.00 bits per heavy atom. The molecule has 0 spiro atoms. The third kappa shape index (κ3) is 2.29. The number of carbonyl (C=O) groups is 1. The smallest absolute Gasteiger partial charge is 0.265 e. The number of rotatable bonds is 3. The molecule has 106 valence electrons. The number of carbonyl (C=O) groups excluding carboxylic acids is 1. The van der Waals surface area contributed by atoms with E-state index in [0.717, 1.165) is 5.39 Å². The highest BCUT2D eigenvalue weighted by atomic mass is 16.5. The molecular formula is C14H12N4O3. The largest absolute Gasteiger partial charge is 0.363 e. The molecule has 0 aliphatic carbocycles. The van der Waals surface area contributed by atoms with E-state index in [2.05, 4.69) is 20.0 Å². The number of amides is 1. The summed E-state index contributed by atoms with van der Waals surface area (Å²) in [7, 11) is 0. The summed E-state index contributed by atoms with van der Waals surface area (Å²) >= 11 is 0. The summed E-state index contributed by atoms with van der Waals surface area (Å²) in [4.78, 5) is 28.8. The zero-order valence-corrected chi connectivity index (χ0v) is 11.2. The normalized spacial score (nSPS) is 10.7. The van der Waals surface area contributed by atoms with Gasteiger partial charge in [0, 0.05) is 24.2 Å². The molecule has 0 aliphatic heterocycles. The molecule has 0 radical (unpaired) electrons. The number of aromatic nitrogens is 3. The molecule has 3 aromatic rings. The Labute approximate surface area is 119 Å². The van der Waals surface area contributed by atoms with Crippen molar-refractivity contribution in [3.63, 3.8) is 0 Å². The minimum absolute atomic E-state index is 0.0420. The van der Waals surface area contributed by atoms with Crippen molar-refractivity contribution >= 4 is 22.8 Å². The van der Waals surface area contributed by atoms with Gasteiger partial charge in [-0.05, 0) is 25.1 Å². The van der Waals surface area contributed by atoms with E-state index in [1.165, 1.54) is 23.0 Å². The Hall–Kier alpha value is -2.96. The molecule has 7 heteroatoms. The predicted molar refractivity (Wildman–Crippen MR) is 76.1 cm³/mol. The van der Waals surface area contributed by atoms with Gasteiger partial charge in [-0.15, -0.1) is 0 Å². The van der Waals surface area contributed by atoms with Crippen LogP contribution in [0.3, 0.4) is 0 Å². The predicted octanol–water partition coefficient (Wildman–Crippen LogP) is 1.66. The summed E-state index contributed by atoms with van der Waals surface area (Å²) in [5.41, 5.74) is 0.216. The van der Waals surface area contributed by atoms with Gasteiger partial charge in [-0.1, -0.05) is 5.16 Å². The maximum absolute atomic E-state index is 12.4. The number of fused-ring (bicyclic) bond motifs is 1. The first kappa shape index (κ1) is 13.0. The van der Waals surface area contributed by atoms with E-state index in [0.29, 0.717) is 12.2 Å². The van der Waals surface area contributed by atoms with Crippen molar-refractivity contribution in [3.05, 3.63) is 52.6 Å². The van der Waals surface area contributed by atoms with Gasteiger partial charge < -0.3 is 9.84 Å². The fourth-order valence-electron chi connectivity index (χ4n) is 2.12. The van der Waals surface area contributed by atoms with Gasteiger partial charge in [0.1, 0.15) is 17.5 Å². The van der Waals surface area contributed by atoms with Gasteiger partial charge in [-0.2, -0.15) is 0 Å². The maximum atomic E-state index is 12.4. The molecule has 3 rings (SSSR count). The van der Waals surface area contributed by atoms with E-state index in [1.54, 1.807) is 18.3 Å². The van der Waals surface area contributed by atoms with Gasteiger partial charge in [-0.25, -0.2) is 4.98 Å². The zero-order valence-electron chi connectivity index (χ0n) is 11.2. The van der Waals surface area contributed by atoms with Crippen molar-refractivity contribution in [3.8, 4) is 0 Å². The standard InChI is InChI=1S/C14H12N4O3/c1-2-18-12-9(4-3-6-15-12)8-10(14(18)20)13(19)16-11-5-7-21-17-11/h3-8H,2H2,1H3,(H,16,17,19). The second kappa shape index (κ2) is 5.20. The van der Waals surface area contributed by atoms with Crippen molar-refractivity contribution in [2.24, 2.45) is 0 Å². The van der Waals surface area contributed by atoms with E-state index in [9.17, 15) is 9.59 Å². The van der Waals surface area contributed by atoms with Crippen LogP contribution in [0.4, 0.5) is 5.82 Å². The molecule has 1 amide bonds. The highest BCUT2D eigenvalue weighted by Gasteiger charge is 2.16. The van der Waals surface area contributed by atoms with Crippen LogP contribution in [0.5, 0.6) is 0 Å². The SMILES string of the molecule is CCn1c(=O)c(C(=O)Nc2ccon2)cc2cccnc21. The summed E-state index contributed by atoms with van der Waals surface area (Å²) in [6.07, 6.45) is 2.95. The number of pyridine rings is 2. The lowest BCUT2D eigenvalue weighted by atomic mass is 10.2. The molecular weight excluding hydrogens is 272 g/mol. The highest BCUT2D eigenvalue weighted by molar-refractivity contribution is 6.05. The average molecular weight is 284 g/mol. The fourth-order valence-corrected chi connectivity index (χ4v) is 2.12. The second-order valence-corrected chi connectivity index (χ2v) is 4.36. The van der Waals surface area contributed by atoms with Crippen molar-refractivity contribution in [2.75, 3.05) is 5.32 Å². The number of nitrogens with one attached hydrogen (secondary N) is 1. The Bertz CT molecular complexity index is 852. The Morgan fingerprint density at radius 1 is 1.43 bits per heavy atom. The van der Waals surface area contributed by atoms with E-state index >= 15 is 0 Å². The van der Waals surface area contributed by atoms with Gasteiger partial charge >= 0.3 is 0 Å². The van der Waals surface area contributed by atoms with Gasteiger partial charge in [0.25, 0.3) is 11.5 Å². The molecule has 0 aliphatic rings. The van der Waals surface area contributed by atoms with Crippen LogP contribution in [0.2, 0.25) is 0 Å². The molecule has 0 atom stereocenters. The molecule has 0 bridgehead atoms. The van der Waals surface area contributed by atoms with Crippen LogP contribution in [-0.4, -0.2) is 20.6 Å². The Balaban J connectivity index is 2.12. The lowest BCUT2D eigenvalue weighted by Gasteiger charge is -2.09. The van der Waals surface area contributed by atoms with Gasteiger partial charge in [0.2, 0.25) is 0 Å². The Morgan fingerprint density at radius 2 is 2.29 bits per heavy atom. The molecule has 7 nitrogen and oxygen atoms in total. The first-order valence-electron chi connectivity index (χ1n) is 6.41. The topological polar surface area (TPSA) is 90.0 Å². The highest BCUT2D eigenvalue weighted by Crippen LogP contribution is 2.12. The van der Waals surface area contributed by atoms with Crippen LogP contribution in [0, 0.1) is 0 Å². The summed E-state index contributed by atoms with van der Waals surface area (Å²) in [5, 5.41) is 6.83. The van der Waals surface area contributed by atoms with Crippen LogP contribution in [0.15, 0.2) is 46.0 Å². The number of aryl methyl sites for hydroxylation is 1. The average Bonchev–Trinajstić information content (AvgIpc) is 2.99. The van der Waals surface area contributed by atoms with E-state index in [1.807, 2.05) is 6.92 Å². The molecule has 0 saturated heterocycles. The van der Waals surface area contributed by atoms with Crippen LogP contribution >= 0.6 is 0 Å². The first-order chi connectivity index (χ1) is 10.2. The second-order valence-electron chi connectivity index (χ2n) is 4.36. The van der Waals surface area contributed by atoms with Crippen LogP contribution in [-0.2, 0) is 6.54 Å². The Kier molecular flexibility index (Phi) is 3.23. The van der Waals surface area contributed by atoms with Crippen molar-refractivity contribution in [1.29, 1.82) is 0 Å². The number of anilines is 1. The van der Waals surface area contributed by atoms with Crippen molar-refractivity contribution in [1.82, 2.24) is 14.7 Å². The van der Waals surface area contributed by atoms with Crippen LogP contribution < -0.4 is 10.9 Å². The van der Waals surface area contributed by atoms with Gasteiger partial charge in [-0.3, -0.25) is 14.2 Å². The number of hydrogen-bond acceptors (Lipinski definition) is 5. The van der Waals surface area contributed by atoms with E-state index in [-0.39, 0.29) is 16.9 Å². The third-order valence-corrected chi connectivity index (χ3v) is 3.09. The molecule has 0 aromatic carbocycles. The van der Waals surface area contributed by atoms with Gasteiger partial charge in [0.15, 0.2) is 5.82 Å². The molecule has 1 N–H and O–H groups in total. The molecule has 0 saturated carbocycles. The lowest BCUT2D eigenvalue weighted by Crippen LogP contribution is -2.29. The zero-order chi connectivity index (χ0) is 14.8. The molecule has 3 heterocycles. The fraction of sp³-hybridized carbons (Fsp3) is 0.143. The van der Waals surface area contributed by atoms with Gasteiger partial charge in [0.05, 0.1) is 0 Å². The van der Waals surface area contributed by atoms with Crippen molar-refractivity contribution < 1.29 is 9.32 Å². The molecule has 3 aromatic heterocycles. The van der Waals surface area contributed by atoms with E-state index < -0.39 is 5.91 Å². The number of nitrogens with zero attached hydrogens (tertiary/aromatic N) is 3. The first-order valence-corrected chi connectivity index (χ1v) is 6.41. The van der Waals surface area contributed by atoms with Crippen molar-refractivity contribution in [2.45, 2.75) is 13.5 Å². The molecule has 0 fully saturated rings. The summed E-state index contributed by atoms with van der Waals surface area (Å²) < 4.78 is 6.10. The summed E-state index contributed by atoms with van der Waals surface area (Å²) in [6, 6.07) is 6.60. The maximum Gasteiger partial charge on any atom is 0.265 e. The van der Waals surface area contributed by atoms with E-state index in [4.69, 9.17) is 0 Å². The molecule has 0 unspecified atom stereocenters.